The Morgan fingerprint density at radius 2 is 2.15 bits per heavy atom. The molecule has 0 aromatic carbocycles. The number of carbonyl (C=O) groups is 2. The van der Waals surface area contributed by atoms with Crippen LogP contribution in [0.4, 0.5) is 0 Å². The van der Waals surface area contributed by atoms with Crippen molar-refractivity contribution in [3.8, 4) is 0 Å². The van der Waals surface area contributed by atoms with Gasteiger partial charge in [0.2, 0.25) is 0 Å². The van der Waals surface area contributed by atoms with Gasteiger partial charge in [-0.2, -0.15) is 0 Å². The van der Waals surface area contributed by atoms with Crippen molar-refractivity contribution in [2.75, 3.05) is 13.1 Å². The number of nitrogens with zero attached hydrogens (tertiary/aromatic N) is 2. The summed E-state index contributed by atoms with van der Waals surface area (Å²) in [5.41, 5.74) is 0.435. The van der Waals surface area contributed by atoms with Gasteiger partial charge in [0.25, 0.3) is 5.91 Å². The third-order valence-corrected chi connectivity index (χ3v) is 4.01. The van der Waals surface area contributed by atoms with Crippen molar-refractivity contribution in [3.63, 3.8) is 0 Å². The van der Waals surface area contributed by atoms with E-state index in [2.05, 4.69) is 20.9 Å². The topological polar surface area (TPSA) is 70.5 Å². The average molecular weight is 341 g/mol. The van der Waals surface area contributed by atoms with Crippen LogP contribution in [-0.2, 0) is 4.79 Å². The lowest BCUT2D eigenvalue weighted by molar-refractivity contribution is -0.138. The van der Waals surface area contributed by atoms with Gasteiger partial charge in [0, 0.05) is 30.2 Å². The van der Waals surface area contributed by atoms with Gasteiger partial charge in [-0.25, -0.2) is 4.98 Å². The molecule has 1 aromatic rings. The van der Waals surface area contributed by atoms with E-state index in [4.69, 9.17) is 5.11 Å². The molecule has 1 aromatic heterocycles. The van der Waals surface area contributed by atoms with Crippen molar-refractivity contribution in [3.05, 3.63) is 28.5 Å². The molecule has 1 amide bonds. The lowest BCUT2D eigenvalue weighted by Gasteiger charge is -2.20. The smallest absolute Gasteiger partial charge is 0.303 e. The lowest BCUT2D eigenvalue weighted by Crippen LogP contribution is -2.32. The Morgan fingerprint density at radius 1 is 1.35 bits per heavy atom. The maximum Gasteiger partial charge on any atom is 0.303 e. The summed E-state index contributed by atoms with van der Waals surface area (Å²) in [4.78, 5) is 29.0. The molecule has 0 spiro atoms. The van der Waals surface area contributed by atoms with Crippen LogP contribution in [-0.4, -0.2) is 40.0 Å². The molecule has 0 aliphatic carbocycles. The fraction of sp³-hybridized carbons (Fsp3) is 0.500. The number of pyridine rings is 1. The number of carboxylic acids is 1. The summed E-state index contributed by atoms with van der Waals surface area (Å²) in [7, 11) is 0. The van der Waals surface area contributed by atoms with Crippen molar-refractivity contribution < 1.29 is 14.7 Å². The highest BCUT2D eigenvalue weighted by Crippen LogP contribution is 2.21. The molecule has 6 heteroatoms. The van der Waals surface area contributed by atoms with Crippen molar-refractivity contribution in [1.82, 2.24) is 9.88 Å². The quantitative estimate of drug-likeness (QED) is 0.917. The minimum Gasteiger partial charge on any atom is -0.481 e. The molecule has 1 N–H and O–H groups in total. The number of aliphatic carboxylic acids is 1. The van der Waals surface area contributed by atoms with E-state index in [0.29, 0.717) is 18.8 Å². The van der Waals surface area contributed by atoms with Crippen LogP contribution < -0.4 is 0 Å². The Bertz CT molecular complexity index is 490. The third-order valence-electron chi connectivity index (χ3n) is 3.54. The summed E-state index contributed by atoms with van der Waals surface area (Å²) in [6.45, 7) is 1.28. The molecule has 1 atom stereocenters. The molecule has 2 heterocycles. The second-order valence-electron chi connectivity index (χ2n) is 5.05. The normalized spacial score (nSPS) is 19.4. The van der Waals surface area contributed by atoms with Crippen LogP contribution in [0.1, 0.15) is 36.2 Å². The number of likely N-dealkylation sites (tertiary alicyclic amines) is 1. The highest BCUT2D eigenvalue weighted by molar-refractivity contribution is 9.10. The van der Waals surface area contributed by atoms with E-state index in [1.165, 1.54) is 0 Å². The van der Waals surface area contributed by atoms with Crippen LogP contribution in [0.2, 0.25) is 0 Å². The van der Waals surface area contributed by atoms with Crippen LogP contribution in [0, 0.1) is 5.92 Å². The van der Waals surface area contributed by atoms with E-state index in [1.807, 2.05) is 0 Å². The first-order valence-electron chi connectivity index (χ1n) is 6.69. The highest BCUT2D eigenvalue weighted by Gasteiger charge is 2.23. The molecule has 2 rings (SSSR count). The number of aromatic nitrogens is 1. The van der Waals surface area contributed by atoms with Gasteiger partial charge in [-0.1, -0.05) is 0 Å². The molecule has 1 saturated heterocycles. The fourth-order valence-electron chi connectivity index (χ4n) is 2.48. The molecule has 0 unspecified atom stereocenters. The van der Waals surface area contributed by atoms with Crippen molar-refractivity contribution >= 4 is 27.8 Å². The molecule has 1 aliphatic heterocycles. The van der Waals surface area contributed by atoms with Gasteiger partial charge >= 0.3 is 5.97 Å². The van der Waals surface area contributed by atoms with Crippen LogP contribution in [0.3, 0.4) is 0 Å². The first kappa shape index (κ1) is 15.0. The molecular weight excluding hydrogens is 324 g/mol. The molecule has 20 heavy (non-hydrogen) atoms. The standard InChI is InChI=1S/C14H17BrN2O3/c15-11-3-4-12(16-9-11)14(20)17-6-1-2-10(5-7-17)8-13(18)19/h3-4,9-10H,1-2,5-8H2,(H,18,19)/t10-/m0/s1. The molecule has 0 saturated carbocycles. The van der Waals surface area contributed by atoms with Crippen molar-refractivity contribution in [2.45, 2.75) is 25.7 Å². The number of hydrogen-bond donors (Lipinski definition) is 1. The van der Waals surface area contributed by atoms with Crippen molar-refractivity contribution in [2.24, 2.45) is 5.92 Å². The molecule has 5 nitrogen and oxygen atoms in total. The SMILES string of the molecule is O=C(O)C[C@H]1CCCN(C(=O)c2ccc(Br)cn2)CC1. The van der Waals surface area contributed by atoms with E-state index in [0.717, 1.165) is 23.7 Å². The number of rotatable bonds is 3. The third kappa shape index (κ3) is 4.03. The largest absolute Gasteiger partial charge is 0.481 e. The van der Waals surface area contributed by atoms with E-state index in [1.54, 1.807) is 23.2 Å². The van der Waals surface area contributed by atoms with Crippen LogP contribution in [0.25, 0.3) is 0 Å². The second kappa shape index (κ2) is 6.83. The zero-order valence-electron chi connectivity index (χ0n) is 11.1. The van der Waals surface area contributed by atoms with Gasteiger partial charge < -0.3 is 10.0 Å². The average Bonchev–Trinajstić information content (AvgIpc) is 2.64. The zero-order chi connectivity index (χ0) is 14.5. The molecule has 1 fully saturated rings. The zero-order valence-corrected chi connectivity index (χ0v) is 12.7. The summed E-state index contributed by atoms with van der Waals surface area (Å²) >= 11 is 3.29. The molecular formula is C14H17BrN2O3. The maximum atomic E-state index is 12.3. The first-order chi connectivity index (χ1) is 9.56. The van der Waals surface area contributed by atoms with Gasteiger partial charge in [-0.3, -0.25) is 9.59 Å². The first-order valence-corrected chi connectivity index (χ1v) is 7.48. The number of halogens is 1. The van der Waals surface area contributed by atoms with E-state index >= 15 is 0 Å². The Morgan fingerprint density at radius 3 is 2.80 bits per heavy atom. The van der Waals surface area contributed by atoms with Gasteiger partial charge in [0.1, 0.15) is 5.69 Å². The van der Waals surface area contributed by atoms with Gasteiger partial charge in [0.15, 0.2) is 0 Å². The Hall–Kier alpha value is -1.43. The number of carbonyl (C=O) groups excluding carboxylic acids is 1. The van der Waals surface area contributed by atoms with Crippen molar-refractivity contribution in [1.29, 1.82) is 0 Å². The Kier molecular flexibility index (Phi) is 5.11. The minimum absolute atomic E-state index is 0.0755. The predicted molar refractivity (Wildman–Crippen MR) is 77.4 cm³/mol. The molecule has 0 bridgehead atoms. The molecule has 0 radical (unpaired) electrons. The minimum atomic E-state index is -0.760. The van der Waals surface area contributed by atoms with E-state index in [9.17, 15) is 9.59 Å². The lowest BCUT2D eigenvalue weighted by atomic mass is 9.97. The maximum absolute atomic E-state index is 12.3. The van der Waals surface area contributed by atoms with Crippen LogP contribution >= 0.6 is 15.9 Å². The highest BCUT2D eigenvalue weighted by atomic mass is 79.9. The van der Waals surface area contributed by atoms with E-state index < -0.39 is 5.97 Å². The Balaban J connectivity index is 1.97. The van der Waals surface area contributed by atoms with E-state index in [-0.39, 0.29) is 18.2 Å². The summed E-state index contributed by atoms with van der Waals surface area (Å²) in [5, 5.41) is 8.84. The summed E-state index contributed by atoms with van der Waals surface area (Å²) < 4.78 is 0.839. The summed E-state index contributed by atoms with van der Waals surface area (Å²) in [6.07, 6.45) is 4.26. The Labute approximate surface area is 126 Å². The van der Waals surface area contributed by atoms with Gasteiger partial charge in [-0.05, 0) is 53.2 Å². The van der Waals surface area contributed by atoms with Gasteiger partial charge in [-0.15, -0.1) is 0 Å². The van der Waals surface area contributed by atoms with Crippen LogP contribution in [0.5, 0.6) is 0 Å². The molecule has 108 valence electrons. The predicted octanol–water partition coefficient (Wildman–Crippen LogP) is 2.56. The van der Waals surface area contributed by atoms with Gasteiger partial charge in [0.05, 0.1) is 0 Å². The number of hydrogen-bond acceptors (Lipinski definition) is 3. The number of carboxylic acid groups (broad SMARTS) is 1. The summed E-state index contributed by atoms with van der Waals surface area (Å²) in [6, 6.07) is 3.50. The monoisotopic (exact) mass is 340 g/mol. The van der Waals surface area contributed by atoms with Crippen LogP contribution in [0.15, 0.2) is 22.8 Å². The fourth-order valence-corrected chi connectivity index (χ4v) is 2.72. The molecule has 1 aliphatic rings. The second-order valence-corrected chi connectivity index (χ2v) is 5.96. The summed E-state index contributed by atoms with van der Waals surface area (Å²) in [5.74, 6) is -0.666. The number of amides is 1.